The zero-order chi connectivity index (χ0) is 24.9. The second-order valence-electron chi connectivity index (χ2n) is 7.71. The summed E-state index contributed by atoms with van der Waals surface area (Å²) < 4.78 is 11.2. The number of imide groups is 1. The fourth-order valence-corrected chi connectivity index (χ4v) is 3.63. The molecule has 1 saturated heterocycles. The van der Waals surface area contributed by atoms with Crippen LogP contribution in [0.3, 0.4) is 0 Å². The van der Waals surface area contributed by atoms with Crippen molar-refractivity contribution in [3.8, 4) is 11.5 Å². The average molecular weight is 493 g/mol. The Morgan fingerprint density at radius 1 is 1.03 bits per heavy atom. The Labute approximate surface area is 206 Å². The Balaban J connectivity index is 1.47. The van der Waals surface area contributed by atoms with Gasteiger partial charge in [0.2, 0.25) is 0 Å². The number of ether oxygens (including phenoxy) is 2. The molecule has 0 unspecified atom stereocenters. The number of hydrogen-bond acceptors (Lipinski definition) is 5. The van der Waals surface area contributed by atoms with Crippen LogP contribution in [0.2, 0.25) is 5.02 Å². The van der Waals surface area contributed by atoms with Crippen molar-refractivity contribution in [2.75, 3.05) is 7.11 Å². The number of amides is 3. The molecule has 9 heteroatoms. The molecule has 0 aromatic heterocycles. The number of carbonyl (C=O) groups is 3. The molecule has 2 N–H and O–H groups in total. The van der Waals surface area contributed by atoms with Crippen LogP contribution in [0.25, 0.3) is 6.08 Å². The van der Waals surface area contributed by atoms with Crippen molar-refractivity contribution in [2.24, 2.45) is 0 Å². The van der Waals surface area contributed by atoms with Crippen LogP contribution in [0.15, 0.2) is 72.4 Å². The monoisotopic (exact) mass is 492 g/mol. The molecule has 1 aliphatic heterocycles. The Hall–Kier alpha value is -4.30. The van der Waals surface area contributed by atoms with E-state index in [1.807, 2.05) is 0 Å². The first-order chi connectivity index (χ1) is 16.8. The maximum atomic E-state index is 12.8. The molecule has 0 bridgehead atoms. The largest absolute Gasteiger partial charge is 0.493 e. The molecular formula is C26H21ClN2O6. The summed E-state index contributed by atoms with van der Waals surface area (Å²) in [4.78, 5) is 37.4. The molecule has 4 rings (SSSR count). The number of urea groups is 1. The maximum absolute atomic E-state index is 12.8. The molecule has 3 aromatic carbocycles. The van der Waals surface area contributed by atoms with Gasteiger partial charge < -0.3 is 19.9 Å². The molecule has 0 radical (unpaired) electrons. The highest BCUT2D eigenvalue weighted by Crippen LogP contribution is 2.30. The Kier molecular flexibility index (Phi) is 7.03. The van der Waals surface area contributed by atoms with Gasteiger partial charge in [0.15, 0.2) is 11.5 Å². The number of methoxy groups -OCH3 is 1. The van der Waals surface area contributed by atoms with Crippen LogP contribution in [-0.2, 0) is 17.9 Å². The van der Waals surface area contributed by atoms with Gasteiger partial charge in [0, 0.05) is 5.02 Å². The molecular weight excluding hydrogens is 472 g/mol. The van der Waals surface area contributed by atoms with E-state index in [1.54, 1.807) is 60.7 Å². The molecule has 1 aliphatic rings. The third-order valence-corrected chi connectivity index (χ3v) is 5.54. The molecule has 1 heterocycles. The number of hydrogen-bond donors (Lipinski definition) is 2. The predicted octanol–water partition coefficient (Wildman–Crippen LogP) is 4.72. The van der Waals surface area contributed by atoms with Crippen LogP contribution in [0, 0.1) is 0 Å². The fourth-order valence-electron chi connectivity index (χ4n) is 3.50. The lowest BCUT2D eigenvalue weighted by molar-refractivity contribution is -0.123. The van der Waals surface area contributed by atoms with Gasteiger partial charge in [-0.2, -0.15) is 0 Å². The van der Waals surface area contributed by atoms with E-state index in [9.17, 15) is 14.4 Å². The smallest absolute Gasteiger partial charge is 0.335 e. The summed E-state index contributed by atoms with van der Waals surface area (Å²) in [5.74, 6) is -0.588. The van der Waals surface area contributed by atoms with Crippen LogP contribution >= 0.6 is 11.6 Å². The van der Waals surface area contributed by atoms with E-state index in [4.69, 9.17) is 26.2 Å². The van der Waals surface area contributed by atoms with Gasteiger partial charge in [-0.05, 0) is 59.2 Å². The molecule has 8 nitrogen and oxygen atoms in total. The summed E-state index contributed by atoms with van der Waals surface area (Å²) in [6.45, 7) is 0.268. The van der Waals surface area contributed by atoms with E-state index in [1.165, 1.54) is 19.2 Å². The van der Waals surface area contributed by atoms with E-state index in [0.29, 0.717) is 27.6 Å². The first-order valence-electron chi connectivity index (χ1n) is 10.6. The fraction of sp³-hybridized carbons (Fsp3) is 0.115. The zero-order valence-corrected chi connectivity index (χ0v) is 19.4. The summed E-state index contributed by atoms with van der Waals surface area (Å²) in [5, 5.41) is 12.3. The minimum Gasteiger partial charge on any atom is -0.493 e. The molecule has 0 atom stereocenters. The summed E-state index contributed by atoms with van der Waals surface area (Å²) in [7, 11) is 1.49. The Bertz CT molecular complexity index is 1320. The quantitative estimate of drug-likeness (QED) is 0.348. The van der Waals surface area contributed by atoms with E-state index < -0.39 is 17.9 Å². The number of halogens is 1. The summed E-state index contributed by atoms with van der Waals surface area (Å²) in [6, 6.07) is 17.9. The number of rotatable bonds is 8. The lowest BCUT2D eigenvalue weighted by atomic mass is 10.1. The van der Waals surface area contributed by atoms with Gasteiger partial charge in [0.05, 0.1) is 19.2 Å². The van der Waals surface area contributed by atoms with Gasteiger partial charge in [0.1, 0.15) is 12.3 Å². The van der Waals surface area contributed by atoms with Crippen LogP contribution in [0.1, 0.15) is 27.0 Å². The molecule has 178 valence electrons. The van der Waals surface area contributed by atoms with Crippen molar-refractivity contribution in [3.63, 3.8) is 0 Å². The van der Waals surface area contributed by atoms with Crippen LogP contribution in [-0.4, -0.2) is 35.0 Å². The lowest BCUT2D eigenvalue weighted by Crippen LogP contribution is -2.30. The number of carboxylic acid groups (broad SMARTS) is 1. The molecule has 3 aromatic rings. The Morgan fingerprint density at radius 3 is 2.51 bits per heavy atom. The van der Waals surface area contributed by atoms with Crippen molar-refractivity contribution < 1.29 is 29.0 Å². The number of benzene rings is 3. The number of aromatic carboxylic acids is 1. The maximum Gasteiger partial charge on any atom is 0.335 e. The minimum atomic E-state index is -1.01. The first-order valence-corrected chi connectivity index (χ1v) is 10.9. The van der Waals surface area contributed by atoms with E-state index in [0.717, 1.165) is 10.5 Å². The first kappa shape index (κ1) is 23.8. The summed E-state index contributed by atoms with van der Waals surface area (Å²) in [5.41, 5.74) is 2.41. The van der Waals surface area contributed by atoms with Crippen molar-refractivity contribution in [3.05, 3.63) is 99.7 Å². The van der Waals surface area contributed by atoms with Crippen LogP contribution in [0.4, 0.5) is 4.79 Å². The van der Waals surface area contributed by atoms with Gasteiger partial charge >= 0.3 is 12.0 Å². The summed E-state index contributed by atoms with van der Waals surface area (Å²) in [6.07, 6.45) is 1.56. The second-order valence-corrected chi connectivity index (χ2v) is 8.15. The van der Waals surface area contributed by atoms with Crippen LogP contribution < -0.4 is 14.8 Å². The predicted molar refractivity (Wildman–Crippen MR) is 129 cm³/mol. The van der Waals surface area contributed by atoms with Crippen LogP contribution in [0.5, 0.6) is 11.5 Å². The van der Waals surface area contributed by atoms with E-state index in [-0.39, 0.29) is 24.4 Å². The van der Waals surface area contributed by atoms with Crippen molar-refractivity contribution in [1.82, 2.24) is 10.2 Å². The van der Waals surface area contributed by atoms with Gasteiger partial charge in [-0.3, -0.25) is 9.69 Å². The normalized spacial score (nSPS) is 14.2. The van der Waals surface area contributed by atoms with Gasteiger partial charge in [0.25, 0.3) is 5.91 Å². The minimum absolute atomic E-state index is 0.123. The van der Waals surface area contributed by atoms with Crippen molar-refractivity contribution in [2.45, 2.75) is 13.2 Å². The molecule has 0 saturated carbocycles. The second kappa shape index (κ2) is 10.3. The number of carbonyl (C=O) groups excluding carboxylic acids is 2. The van der Waals surface area contributed by atoms with Gasteiger partial charge in [-0.25, -0.2) is 9.59 Å². The van der Waals surface area contributed by atoms with Crippen molar-refractivity contribution >= 4 is 35.6 Å². The standard InChI is InChI=1S/C26H21ClN2O6/c1-34-23-13-17(7-10-22(23)35-15-18-3-2-4-19(11-18)25(31)32)12-21-24(30)29(26(33)28-21)14-16-5-8-20(27)9-6-16/h2-13H,14-15H2,1H3,(H,28,33)(H,31,32)/b21-12-. The molecule has 3 amide bonds. The zero-order valence-electron chi connectivity index (χ0n) is 18.7. The highest BCUT2D eigenvalue weighted by atomic mass is 35.5. The molecule has 1 fully saturated rings. The lowest BCUT2D eigenvalue weighted by Gasteiger charge is -2.12. The van der Waals surface area contributed by atoms with Gasteiger partial charge in [-0.15, -0.1) is 0 Å². The third kappa shape index (κ3) is 5.62. The van der Waals surface area contributed by atoms with Crippen molar-refractivity contribution in [1.29, 1.82) is 0 Å². The SMILES string of the molecule is COc1cc(/C=C2\NC(=O)N(Cc3ccc(Cl)cc3)C2=O)ccc1OCc1cccc(C(=O)O)c1. The Morgan fingerprint density at radius 2 is 1.80 bits per heavy atom. The highest BCUT2D eigenvalue weighted by Gasteiger charge is 2.33. The summed E-state index contributed by atoms with van der Waals surface area (Å²) >= 11 is 5.89. The van der Waals surface area contributed by atoms with E-state index in [2.05, 4.69) is 5.32 Å². The topological polar surface area (TPSA) is 105 Å². The van der Waals surface area contributed by atoms with E-state index >= 15 is 0 Å². The number of carboxylic acids is 1. The number of nitrogens with one attached hydrogen (secondary N) is 1. The molecule has 35 heavy (non-hydrogen) atoms. The number of nitrogens with zero attached hydrogens (tertiary/aromatic N) is 1. The third-order valence-electron chi connectivity index (χ3n) is 5.28. The average Bonchev–Trinajstić information content (AvgIpc) is 3.11. The highest BCUT2D eigenvalue weighted by molar-refractivity contribution is 6.30. The van der Waals surface area contributed by atoms with Gasteiger partial charge in [-0.1, -0.05) is 41.9 Å². The molecule has 0 spiro atoms. The molecule has 0 aliphatic carbocycles.